The molecule has 1 N–H and O–H groups in total. The molecule has 0 bridgehead atoms. The van der Waals surface area contributed by atoms with Crippen molar-refractivity contribution in [3.8, 4) is 0 Å². The molecule has 4 nitrogen and oxygen atoms in total. The van der Waals surface area contributed by atoms with Crippen molar-refractivity contribution in [2.75, 3.05) is 33.7 Å². The lowest BCUT2D eigenvalue weighted by Crippen LogP contribution is -2.28. The number of rotatable bonds is 7. The molecule has 114 valence electrons. The smallest absolute Gasteiger partial charge is 0.122 e. The first-order chi connectivity index (χ1) is 9.54. The van der Waals surface area contributed by atoms with E-state index in [4.69, 9.17) is 4.42 Å². The molecule has 4 heteroatoms. The normalized spacial score (nSPS) is 20.4. The van der Waals surface area contributed by atoms with Gasteiger partial charge in [-0.2, -0.15) is 0 Å². The predicted molar refractivity (Wildman–Crippen MR) is 82.6 cm³/mol. The van der Waals surface area contributed by atoms with Crippen molar-refractivity contribution in [1.82, 2.24) is 15.1 Å². The number of furan rings is 1. The molecule has 1 aromatic heterocycles. The van der Waals surface area contributed by atoms with Gasteiger partial charge < -0.3 is 14.6 Å². The summed E-state index contributed by atoms with van der Waals surface area (Å²) in [4.78, 5) is 4.81. The van der Waals surface area contributed by atoms with Crippen LogP contribution in [0.5, 0.6) is 0 Å². The molecule has 20 heavy (non-hydrogen) atoms. The molecule has 0 aliphatic carbocycles. The summed E-state index contributed by atoms with van der Waals surface area (Å²) in [6, 6.07) is 2.59. The molecule has 0 aromatic carbocycles. The van der Waals surface area contributed by atoms with E-state index in [-0.39, 0.29) is 0 Å². The van der Waals surface area contributed by atoms with Gasteiger partial charge in [0.1, 0.15) is 5.76 Å². The van der Waals surface area contributed by atoms with E-state index >= 15 is 0 Å². The van der Waals surface area contributed by atoms with Gasteiger partial charge in [-0.15, -0.1) is 0 Å². The average molecular weight is 279 g/mol. The highest BCUT2D eigenvalue weighted by Crippen LogP contribution is 2.18. The zero-order valence-corrected chi connectivity index (χ0v) is 13.4. The van der Waals surface area contributed by atoms with E-state index in [0.29, 0.717) is 6.04 Å². The highest BCUT2D eigenvalue weighted by atomic mass is 16.3. The molecule has 1 aliphatic rings. The first kappa shape index (κ1) is 15.5. The predicted octanol–water partition coefficient (Wildman–Crippen LogP) is 2.16. The van der Waals surface area contributed by atoms with Gasteiger partial charge >= 0.3 is 0 Å². The van der Waals surface area contributed by atoms with Gasteiger partial charge in [-0.1, -0.05) is 13.8 Å². The number of nitrogens with zero attached hydrogens (tertiary/aromatic N) is 2. The molecule has 0 saturated carbocycles. The Morgan fingerprint density at radius 3 is 2.95 bits per heavy atom. The molecular formula is C16H29N3O. The first-order valence-electron chi connectivity index (χ1n) is 7.70. The quantitative estimate of drug-likeness (QED) is 0.829. The van der Waals surface area contributed by atoms with Crippen molar-refractivity contribution < 1.29 is 4.42 Å². The van der Waals surface area contributed by atoms with E-state index in [1.54, 1.807) is 0 Å². The third kappa shape index (κ3) is 4.62. The Bertz CT molecular complexity index is 402. The van der Waals surface area contributed by atoms with Crippen LogP contribution in [0.3, 0.4) is 0 Å². The Morgan fingerprint density at radius 2 is 2.30 bits per heavy atom. The number of hydrogen-bond donors (Lipinski definition) is 1. The lowest BCUT2D eigenvalue weighted by atomic mass is 10.1. The fourth-order valence-electron chi connectivity index (χ4n) is 2.90. The minimum absolute atomic E-state index is 0.504. The number of likely N-dealkylation sites (tertiary alicyclic amines) is 1. The standard InChI is InChI=1S/C16H29N3O/c1-13(2)17-9-15-6-8-20-16(15)12-19(4)11-14-5-7-18(3)10-14/h6,8,13-14,17H,5,7,9-12H2,1-4H3. The lowest BCUT2D eigenvalue weighted by molar-refractivity contribution is 0.247. The van der Waals surface area contributed by atoms with E-state index in [9.17, 15) is 0 Å². The molecule has 0 spiro atoms. The average Bonchev–Trinajstić information content (AvgIpc) is 2.96. The molecule has 0 radical (unpaired) electrons. The summed E-state index contributed by atoms with van der Waals surface area (Å²) < 4.78 is 5.66. The van der Waals surface area contributed by atoms with Gasteiger partial charge in [0.2, 0.25) is 0 Å². The second-order valence-corrected chi connectivity index (χ2v) is 6.52. The molecule has 1 fully saturated rings. The number of nitrogens with one attached hydrogen (secondary N) is 1. The van der Waals surface area contributed by atoms with Crippen LogP contribution in [0.1, 0.15) is 31.6 Å². The fourth-order valence-corrected chi connectivity index (χ4v) is 2.90. The first-order valence-corrected chi connectivity index (χ1v) is 7.70. The van der Waals surface area contributed by atoms with Crippen molar-refractivity contribution in [2.45, 2.75) is 39.4 Å². The van der Waals surface area contributed by atoms with Crippen LogP contribution in [-0.4, -0.2) is 49.6 Å². The van der Waals surface area contributed by atoms with Crippen LogP contribution in [-0.2, 0) is 13.1 Å². The van der Waals surface area contributed by atoms with Gasteiger partial charge in [-0.3, -0.25) is 4.90 Å². The summed E-state index contributed by atoms with van der Waals surface area (Å²) in [5.74, 6) is 1.91. The summed E-state index contributed by atoms with van der Waals surface area (Å²) in [5.41, 5.74) is 1.29. The van der Waals surface area contributed by atoms with Crippen LogP contribution < -0.4 is 5.32 Å². The zero-order valence-electron chi connectivity index (χ0n) is 13.4. The van der Waals surface area contributed by atoms with Crippen molar-refractivity contribution >= 4 is 0 Å². The maximum absolute atomic E-state index is 5.66. The molecule has 0 amide bonds. The topological polar surface area (TPSA) is 31.7 Å². The summed E-state index contributed by atoms with van der Waals surface area (Å²) in [6.45, 7) is 9.76. The van der Waals surface area contributed by atoms with Crippen molar-refractivity contribution in [2.24, 2.45) is 5.92 Å². The fraction of sp³-hybridized carbons (Fsp3) is 0.750. The highest BCUT2D eigenvalue weighted by Gasteiger charge is 2.21. The molecule has 2 rings (SSSR count). The van der Waals surface area contributed by atoms with E-state index in [1.807, 2.05) is 6.26 Å². The van der Waals surface area contributed by atoms with Crippen LogP contribution in [0, 0.1) is 5.92 Å². The minimum Gasteiger partial charge on any atom is -0.468 e. The molecule has 1 aromatic rings. The largest absolute Gasteiger partial charge is 0.468 e. The zero-order chi connectivity index (χ0) is 14.5. The second-order valence-electron chi connectivity index (χ2n) is 6.52. The Labute approximate surface area is 123 Å². The Balaban J connectivity index is 1.81. The van der Waals surface area contributed by atoms with Gasteiger partial charge in [0, 0.05) is 31.2 Å². The molecule has 2 heterocycles. The van der Waals surface area contributed by atoms with E-state index in [2.05, 4.69) is 49.1 Å². The summed E-state index contributed by atoms with van der Waals surface area (Å²) >= 11 is 0. The third-order valence-corrected chi connectivity index (χ3v) is 4.01. The minimum atomic E-state index is 0.504. The number of hydrogen-bond acceptors (Lipinski definition) is 4. The van der Waals surface area contributed by atoms with Crippen LogP contribution in [0.15, 0.2) is 16.7 Å². The van der Waals surface area contributed by atoms with Gasteiger partial charge in [0.05, 0.1) is 12.8 Å². The monoisotopic (exact) mass is 279 g/mol. The third-order valence-electron chi connectivity index (χ3n) is 4.01. The van der Waals surface area contributed by atoms with Gasteiger partial charge in [-0.25, -0.2) is 0 Å². The van der Waals surface area contributed by atoms with E-state index in [0.717, 1.165) is 31.3 Å². The van der Waals surface area contributed by atoms with Crippen molar-refractivity contribution in [3.63, 3.8) is 0 Å². The SMILES string of the molecule is CC(C)NCc1ccoc1CN(C)CC1CCN(C)C1. The van der Waals surface area contributed by atoms with Gasteiger partial charge in [0.25, 0.3) is 0 Å². The molecule has 1 aliphatic heterocycles. The summed E-state index contributed by atoms with van der Waals surface area (Å²) in [5, 5.41) is 3.46. The van der Waals surface area contributed by atoms with Crippen LogP contribution in [0.2, 0.25) is 0 Å². The lowest BCUT2D eigenvalue weighted by Gasteiger charge is -2.20. The Hall–Kier alpha value is -0.840. The van der Waals surface area contributed by atoms with E-state index in [1.165, 1.54) is 25.1 Å². The van der Waals surface area contributed by atoms with Crippen molar-refractivity contribution in [1.29, 1.82) is 0 Å². The summed E-state index contributed by atoms with van der Waals surface area (Å²) in [6.07, 6.45) is 3.13. The van der Waals surface area contributed by atoms with Crippen molar-refractivity contribution in [3.05, 3.63) is 23.7 Å². The van der Waals surface area contributed by atoms with Gasteiger partial charge in [0.15, 0.2) is 0 Å². The second kappa shape index (κ2) is 7.25. The Kier molecular flexibility index (Phi) is 5.64. The van der Waals surface area contributed by atoms with Crippen LogP contribution in [0.4, 0.5) is 0 Å². The van der Waals surface area contributed by atoms with Gasteiger partial charge in [-0.05, 0) is 39.0 Å². The van der Waals surface area contributed by atoms with Crippen LogP contribution in [0.25, 0.3) is 0 Å². The molecule has 1 atom stereocenters. The van der Waals surface area contributed by atoms with Crippen LogP contribution >= 0.6 is 0 Å². The summed E-state index contributed by atoms with van der Waals surface area (Å²) in [7, 11) is 4.41. The highest BCUT2D eigenvalue weighted by molar-refractivity contribution is 5.16. The molecule has 1 unspecified atom stereocenters. The molecular weight excluding hydrogens is 250 g/mol. The Morgan fingerprint density at radius 1 is 1.50 bits per heavy atom. The van der Waals surface area contributed by atoms with E-state index < -0.39 is 0 Å². The molecule has 1 saturated heterocycles. The maximum atomic E-state index is 5.66. The maximum Gasteiger partial charge on any atom is 0.122 e.